The monoisotopic (exact) mass is 347 g/mol. The van der Waals surface area contributed by atoms with E-state index in [1.54, 1.807) is 0 Å². The maximum Gasteiger partial charge on any atom is 0.0544 e. The van der Waals surface area contributed by atoms with Crippen molar-refractivity contribution in [2.75, 3.05) is 13.2 Å². The summed E-state index contributed by atoms with van der Waals surface area (Å²) in [7, 11) is 0. The molecule has 3 saturated carbocycles. The molecule has 0 bridgehead atoms. The van der Waals surface area contributed by atoms with Crippen molar-refractivity contribution < 1.29 is 10.2 Å². The lowest BCUT2D eigenvalue weighted by Crippen LogP contribution is -2.51. The third-order valence-corrected chi connectivity index (χ3v) is 8.32. The molecule has 7 atom stereocenters. The molecule has 140 valence electrons. The zero-order valence-electron chi connectivity index (χ0n) is 15.7. The van der Waals surface area contributed by atoms with E-state index in [9.17, 15) is 10.2 Å². The molecule has 0 aromatic rings. The van der Waals surface area contributed by atoms with Crippen molar-refractivity contribution >= 4 is 0 Å². The molecule has 0 aromatic carbocycles. The van der Waals surface area contributed by atoms with E-state index >= 15 is 0 Å². The van der Waals surface area contributed by atoms with Gasteiger partial charge in [-0.1, -0.05) is 31.1 Å². The first kappa shape index (κ1) is 18.8. The van der Waals surface area contributed by atoms with Gasteiger partial charge in [-0.25, -0.2) is 0 Å². The van der Waals surface area contributed by atoms with E-state index in [-0.39, 0.29) is 29.5 Å². The molecule has 5 nitrogen and oxygen atoms in total. The fourth-order valence-corrected chi connectivity index (χ4v) is 6.57. The molecule has 3 aliphatic carbocycles. The summed E-state index contributed by atoms with van der Waals surface area (Å²) in [4.78, 5) is 3.05. The molecule has 0 aromatic heterocycles. The molecule has 0 spiro atoms. The van der Waals surface area contributed by atoms with Crippen LogP contribution in [0.3, 0.4) is 0 Å². The van der Waals surface area contributed by atoms with Gasteiger partial charge in [0.15, 0.2) is 0 Å². The van der Waals surface area contributed by atoms with Crippen molar-refractivity contribution in [2.45, 2.75) is 64.9 Å². The molecule has 0 heterocycles. The summed E-state index contributed by atoms with van der Waals surface area (Å²) in [5.74, 6) is 1.44. The summed E-state index contributed by atoms with van der Waals surface area (Å²) < 4.78 is 0. The van der Waals surface area contributed by atoms with Crippen LogP contribution in [0.25, 0.3) is 10.4 Å². The highest BCUT2D eigenvalue weighted by molar-refractivity contribution is 5.21. The lowest BCUT2D eigenvalue weighted by Gasteiger charge is -2.56. The second-order valence-electron chi connectivity index (χ2n) is 9.20. The highest BCUT2D eigenvalue weighted by atomic mass is 16.3. The second-order valence-corrected chi connectivity index (χ2v) is 9.20. The van der Waals surface area contributed by atoms with Crippen LogP contribution < -0.4 is 0 Å². The molecular formula is C20H33N3O2. The molecule has 0 amide bonds. The summed E-state index contributed by atoms with van der Waals surface area (Å²) in [5, 5.41) is 24.1. The van der Waals surface area contributed by atoms with Gasteiger partial charge in [-0.05, 0) is 85.0 Å². The maximum atomic E-state index is 10.1. The first-order chi connectivity index (χ1) is 11.9. The van der Waals surface area contributed by atoms with Crippen molar-refractivity contribution in [2.24, 2.45) is 39.6 Å². The van der Waals surface area contributed by atoms with E-state index in [1.807, 2.05) is 0 Å². The van der Waals surface area contributed by atoms with E-state index in [1.165, 1.54) is 5.57 Å². The van der Waals surface area contributed by atoms with E-state index in [0.29, 0.717) is 30.7 Å². The van der Waals surface area contributed by atoms with E-state index in [0.717, 1.165) is 38.5 Å². The number of nitrogens with zero attached hydrogens (tertiary/aromatic N) is 3. The van der Waals surface area contributed by atoms with Gasteiger partial charge >= 0.3 is 0 Å². The first-order valence-corrected chi connectivity index (χ1v) is 9.85. The van der Waals surface area contributed by atoms with E-state index < -0.39 is 0 Å². The quantitative estimate of drug-likeness (QED) is 0.340. The van der Waals surface area contributed by atoms with Crippen molar-refractivity contribution in [3.63, 3.8) is 0 Å². The molecular weight excluding hydrogens is 314 g/mol. The van der Waals surface area contributed by atoms with Gasteiger partial charge in [0.2, 0.25) is 0 Å². The van der Waals surface area contributed by atoms with Gasteiger partial charge in [0.05, 0.1) is 6.10 Å². The third-order valence-electron chi connectivity index (χ3n) is 8.32. The van der Waals surface area contributed by atoms with Crippen LogP contribution in [-0.4, -0.2) is 29.5 Å². The topological polar surface area (TPSA) is 89.2 Å². The molecule has 0 saturated heterocycles. The highest BCUT2D eigenvalue weighted by Gasteiger charge is 2.56. The van der Waals surface area contributed by atoms with Crippen molar-refractivity contribution in [1.82, 2.24) is 0 Å². The number of azide groups is 1. The minimum Gasteiger partial charge on any atom is -0.396 e. The minimum atomic E-state index is -0.291. The van der Waals surface area contributed by atoms with Crippen LogP contribution in [0.4, 0.5) is 0 Å². The average Bonchev–Trinajstić information content (AvgIpc) is 2.90. The Kier molecular flexibility index (Phi) is 5.21. The molecule has 2 N–H and O–H groups in total. The van der Waals surface area contributed by atoms with E-state index in [4.69, 9.17) is 5.53 Å². The van der Waals surface area contributed by atoms with Gasteiger partial charge in [-0.2, -0.15) is 0 Å². The van der Waals surface area contributed by atoms with Gasteiger partial charge in [0, 0.05) is 18.1 Å². The van der Waals surface area contributed by atoms with Crippen LogP contribution in [0.1, 0.15) is 58.8 Å². The van der Waals surface area contributed by atoms with Gasteiger partial charge in [-0.3, -0.25) is 0 Å². The number of aliphatic hydroxyl groups is 2. The van der Waals surface area contributed by atoms with Crippen LogP contribution in [-0.2, 0) is 0 Å². The number of hydrogen-bond donors (Lipinski definition) is 2. The van der Waals surface area contributed by atoms with Crippen LogP contribution in [0, 0.1) is 34.5 Å². The Hall–Kier alpha value is -1.03. The Morgan fingerprint density at radius 1 is 1.24 bits per heavy atom. The number of fused-ring (bicyclic) bond motifs is 1. The maximum absolute atomic E-state index is 10.1. The summed E-state index contributed by atoms with van der Waals surface area (Å²) >= 11 is 0. The number of allylic oxidation sites excluding steroid dienone is 1. The third kappa shape index (κ3) is 3.01. The zero-order valence-corrected chi connectivity index (χ0v) is 15.7. The molecule has 5 heteroatoms. The average molecular weight is 348 g/mol. The first-order valence-electron chi connectivity index (χ1n) is 9.85. The van der Waals surface area contributed by atoms with E-state index in [2.05, 4.69) is 30.5 Å². The van der Waals surface area contributed by atoms with Crippen molar-refractivity contribution in [3.8, 4) is 0 Å². The van der Waals surface area contributed by atoms with Gasteiger partial charge in [0.1, 0.15) is 0 Å². The summed E-state index contributed by atoms with van der Waals surface area (Å²) in [6, 6.07) is 0. The fourth-order valence-electron chi connectivity index (χ4n) is 6.57. The Labute approximate surface area is 151 Å². The fraction of sp³-hybridized carbons (Fsp3) is 0.900. The van der Waals surface area contributed by atoms with Crippen molar-refractivity contribution in [1.29, 1.82) is 0 Å². The number of hydrogen-bond acceptors (Lipinski definition) is 3. The second kappa shape index (κ2) is 6.94. The number of aliphatic hydroxyl groups excluding tert-OH is 2. The van der Waals surface area contributed by atoms with Crippen LogP contribution >= 0.6 is 0 Å². The van der Waals surface area contributed by atoms with Gasteiger partial charge < -0.3 is 10.2 Å². The van der Waals surface area contributed by atoms with Crippen LogP contribution in [0.15, 0.2) is 17.3 Å². The largest absolute Gasteiger partial charge is 0.396 e. The van der Waals surface area contributed by atoms with Crippen molar-refractivity contribution in [3.05, 3.63) is 22.6 Å². The predicted molar refractivity (Wildman–Crippen MR) is 98.7 cm³/mol. The highest BCUT2D eigenvalue weighted by Crippen LogP contribution is 2.63. The lowest BCUT2D eigenvalue weighted by atomic mass is 9.49. The standard InChI is InChI=1S/C20H33N3O2/c1-13-4-5-17-16(11-22-23-21)18(7-9-19(13,17)2)20(3)8-6-15(25)10-14(20)12-24/h14-18,24-25H,1,4-12H2,2-3H3/t14-,15+,16+,17?,18?,19-,20+/m1/s1. The molecule has 2 unspecified atom stereocenters. The normalized spacial score (nSPS) is 47.2. The molecule has 0 aliphatic heterocycles. The van der Waals surface area contributed by atoms with Crippen LogP contribution in [0.5, 0.6) is 0 Å². The molecule has 25 heavy (non-hydrogen) atoms. The van der Waals surface area contributed by atoms with Gasteiger partial charge in [-0.15, -0.1) is 0 Å². The zero-order chi connectivity index (χ0) is 18.2. The predicted octanol–water partition coefficient (Wildman–Crippen LogP) is 4.46. The lowest BCUT2D eigenvalue weighted by molar-refractivity contribution is -0.0916. The summed E-state index contributed by atoms with van der Waals surface area (Å²) in [5.41, 5.74) is 10.5. The molecule has 3 aliphatic rings. The summed E-state index contributed by atoms with van der Waals surface area (Å²) in [6.07, 6.45) is 6.62. The van der Waals surface area contributed by atoms with Crippen LogP contribution in [0.2, 0.25) is 0 Å². The molecule has 0 radical (unpaired) electrons. The molecule has 3 rings (SSSR count). The Morgan fingerprint density at radius 3 is 2.68 bits per heavy atom. The Balaban J connectivity index is 1.93. The Morgan fingerprint density at radius 2 is 2.00 bits per heavy atom. The Bertz CT molecular complexity index is 573. The number of rotatable bonds is 4. The summed E-state index contributed by atoms with van der Waals surface area (Å²) in [6.45, 7) is 9.68. The SMILES string of the molecule is C=C1CCC2[C@H](CN=[N+]=[N-])C([C@@]3(C)CC[C@H](O)C[C@@H]3CO)CC[C@]12C. The van der Waals surface area contributed by atoms with Gasteiger partial charge in [0.25, 0.3) is 0 Å². The smallest absolute Gasteiger partial charge is 0.0544 e. The minimum absolute atomic E-state index is 0.00881. The molecule has 3 fully saturated rings.